The van der Waals surface area contributed by atoms with Crippen LogP contribution in [0.1, 0.15) is 31.9 Å². The van der Waals surface area contributed by atoms with E-state index in [4.69, 9.17) is 12.2 Å². The van der Waals surface area contributed by atoms with Crippen LogP contribution in [0.3, 0.4) is 0 Å². The highest BCUT2D eigenvalue weighted by molar-refractivity contribution is 7.81. The van der Waals surface area contributed by atoms with Crippen LogP contribution in [0.25, 0.3) is 11.5 Å². The predicted molar refractivity (Wildman–Crippen MR) is 120 cm³/mol. The summed E-state index contributed by atoms with van der Waals surface area (Å²) in [6.07, 6.45) is 3.56. The third-order valence-corrected chi connectivity index (χ3v) is 4.85. The predicted octanol–water partition coefficient (Wildman–Crippen LogP) is 5.73. The number of nitrogens with one attached hydrogen (secondary N) is 1. The minimum Gasteiger partial charge on any atom is -0.502 e. The SMILES string of the molecule is CC(C)(C)c1ccc(C(O)=C(C(=S)Nc2ccccc2F)[n+]2ccccc2)cc1. The molecule has 1 heterocycles. The molecule has 3 rings (SSSR count). The highest BCUT2D eigenvalue weighted by Gasteiger charge is 2.24. The van der Waals surface area contributed by atoms with Gasteiger partial charge in [-0.15, -0.1) is 0 Å². The van der Waals surface area contributed by atoms with Crippen LogP contribution in [0, 0.1) is 5.82 Å². The molecule has 2 aromatic carbocycles. The van der Waals surface area contributed by atoms with Crippen LogP contribution >= 0.6 is 12.2 Å². The van der Waals surface area contributed by atoms with Crippen LogP contribution < -0.4 is 9.88 Å². The average molecular weight is 408 g/mol. The summed E-state index contributed by atoms with van der Waals surface area (Å²) in [5, 5.41) is 14.0. The van der Waals surface area contributed by atoms with Gasteiger partial charge in [0.1, 0.15) is 5.82 Å². The molecule has 3 nitrogen and oxygen atoms in total. The largest absolute Gasteiger partial charge is 0.502 e. The Morgan fingerprint density at radius 3 is 2.14 bits per heavy atom. The topological polar surface area (TPSA) is 36.1 Å². The molecule has 0 fully saturated rings. The van der Waals surface area contributed by atoms with Gasteiger partial charge in [0.15, 0.2) is 23.1 Å². The summed E-state index contributed by atoms with van der Waals surface area (Å²) in [5.74, 6) is -0.406. The summed E-state index contributed by atoms with van der Waals surface area (Å²) in [5.41, 5.74) is 2.42. The van der Waals surface area contributed by atoms with E-state index in [1.807, 2.05) is 42.5 Å². The van der Waals surface area contributed by atoms with Crippen molar-refractivity contribution < 1.29 is 14.1 Å². The van der Waals surface area contributed by atoms with Crippen LogP contribution in [0.2, 0.25) is 0 Å². The molecule has 0 radical (unpaired) electrons. The van der Waals surface area contributed by atoms with Crippen LogP contribution in [-0.4, -0.2) is 10.1 Å². The number of pyridine rings is 1. The van der Waals surface area contributed by atoms with E-state index in [2.05, 4.69) is 26.1 Å². The van der Waals surface area contributed by atoms with E-state index in [0.29, 0.717) is 11.3 Å². The van der Waals surface area contributed by atoms with E-state index in [-0.39, 0.29) is 21.9 Å². The molecule has 2 N–H and O–H groups in total. The van der Waals surface area contributed by atoms with Crippen molar-refractivity contribution in [3.63, 3.8) is 0 Å². The molecule has 0 aliphatic heterocycles. The number of nitrogens with zero attached hydrogens (tertiary/aromatic N) is 1. The Labute approximate surface area is 176 Å². The van der Waals surface area contributed by atoms with Gasteiger partial charge >= 0.3 is 0 Å². The van der Waals surface area contributed by atoms with Gasteiger partial charge < -0.3 is 10.4 Å². The second kappa shape index (κ2) is 8.53. The van der Waals surface area contributed by atoms with Crippen molar-refractivity contribution in [2.24, 2.45) is 0 Å². The Bertz CT molecular complexity index is 1040. The van der Waals surface area contributed by atoms with Gasteiger partial charge in [0.25, 0.3) is 5.70 Å². The van der Waals surface area contributed by atoms with E-state index in [1.54, 1.807) is 35.2 Å². The molecule has 0 saturated heterocycles. The van der Waals surface area contributed by atoms with Crippen LogP contribution in [0.4, 0.5) is 10.1 Å². The van der Waals surface area contributed by atoms with Crippen molar-refractivity contribution in [2.45, 2.75) is 26.2 Å². The molecule has 148 valence electrons. The molecule has 0 bridgehead atoms. The smallest absolute Gasteiger partial charge is 0.288 e. The molecule has 29 heavy (non-hydrogen) atoms. The van der Waals surface area contributed by atoms with Gasteiger partial charge in [0, 0.05) is 17.7 Å². The molecule has 0 saturated carbocycles. The van der Waals surface area contributed by atoms with Crippen molar-refractivity contribution in [1.82, 2.24) is 0 Å². The third-order valence-electron chi connectivity index (χ3n) is 4.56. The maximum absolute atomic E-state index is 14.1. The Morgan fingerprint density at radius 1 is 0.931 bits per heavy atom. The van der Waals surface area contributed by atoms with Gasteiger partial charge in [-0.05, 0) is 23.1 Å². The normalized spacial score (nSPS) is 12.3. The zero-order chi connectivity index (χ0) is 21.0. The zero-order valence-electron chi connectivity index (χ0n) is 16.7. The molecule has 0 unspecified atom stereocenters. The molecular formula is C24H24FN2OS+. The summed E-state index contributed by atoms with van der Waals surface area (Å²) in [6.45, 7) is 6.41. The third kappa shape index (κ3) is 4.87. The molecule has 0 aliphatic rings. The summed E-state index contributed by atoms with van der Waals surface area (Å²) in [7, 11) is 0. The first-order valence-electron chi connectivity index (χ1n) is 9.34. The number of aliphatic hydroxyl groups excluding tert-OH is 1. The first-order valence-corrected chi connectivity index (χ1v) is 9.75. The van der Waals surface area contributed by atoms with Gasteiger partial charge in [-0.25, -0.2) is 4.39 Å². The highest BCUT2D eigenvalue weighted by atomic mass is 32.1. The fourth-order valence-electron chi connectivity index (χ4n) is 2.90. The fourth-order valence-corrected chi connectivity index (χ4v) is 3.22. The lowest BCUT2D eigenvalue weighted by atomic mass is 9.86. The summed E-state index contributed by atoms with van der Waals surface area (Å²) >= 11 is 5.54. The average Bonchev–Trinajstić information content (AvgIpc) is 2.70. The summed E-state index contributed by atoms with van der Waals surface area (Å²) in [4.78, 5) is 0.212. The maximum Gasteiger partial charge on any atom is 0.288 e. The molecule has 0 atom stereocenters. The number of rotatable bonds is 4. The number of hydrogen-bond acceptors (Lipinski definition) is 2. The number of benzene rings is 2. The summed E-state index contributed by atoms with van der Waals surface area (Å²) < 4.78 is 15.8. The number of hydrogen-bond donors (Lipinski definition) is 2. The molecular weight excluding hydrogens is 383 g/mol. The van der Waals surface area contributed by atoms with Crippen molar-refractivity contribution in [3.05, 3.63) is 96.1 Å². The number of aromatic nitrogens is 1. The zero-order valence-corrected chi connectivity index (χ0v) is 17.5. The molecule has 5 heteroatoms. The molecule has 1 aromatic heterocycles. The Morgan fingerprint density at radius 2 is 1.55 bits per heavy atom. The van der Waals surface area contributed by atoms with Gasteiger partial charge in [-0.2, -0.15) is 4.57 Å². The van der Waals surface area contributed by atoms with E-state index >= 15 is 0 Å². The van der Waals surface area contributed by atoms with Crippen molar-refractivity contribution in [3.8, 4) is 0 Å². The number of aliphatic hydroxyl groups is 1. The second-order valence-electron chi connectivity index (χ2n) is 7.74. The first-order chi connectivity index (χ1) is 13.8. The maximum atomic E-state index is 14.1. The number of anilines is 1. The quantitative estimate of drug-likeness (QED) is 0.251. The van der Waals surface area contributed by atoms with Gasteiger partial charge in [0.05, 0.1) is 5.69 Å². The highest BCUT2D eigenvalue weighted by Crippen LogP contribution is 2.25. The van der Waals surface area contributed by atoms with Crippen LogP contribution in [0.5, 0.6) is 0 Å². The fraction of sp³-hybridized carbons (Fsp3) is 0.167. The standard InChI is InChI=1S/C24H23FN2OS/c1-24(2,3)18-13-11-17(12-14-18)22(28)21(27-15-7-4-8-16-27)23(29)26-20-10-6-5-9-19(20)25/h4-16H,1-3H3,(H-,26,28,29)/p+1. The van der Waals surface area contributed by atoms with E-state index in [1.165, 1.54) is 6.07 Å². The minimum atomic E-state index is -0.415. The molecule has 0 spiro atoms. The van der Waals surface area contributed by atoms with Crippen LogP contribution in [-0.2, 0) is 5.41 Å². The van der Waals surface area contributed by atoms with Gasteiger partial charge in [-0.1, -0.05) is 75.5 Å². The lowest BCUT2D eigenvalue weighted by Crippen LogP contribution is -2.38. The number of halogens is 1. The lowest BCUT2D eigenvalue weighted by molar-refractivity contribution is -0.575. The number of para-hydroxylation sites is 1. The minimum absolute atomic E-state index is 0.00972. The lowest BCUT2D eigenvalue weighted by Gasteiger charge is -2.19. The van der Waals surface area contributed by atoms with E-state index in [9.17, 15) is 9.50 Å². The summed E-state index contributed by atoms with van der Waals surface area (Å²) in [6, 6.07) is 19.5. The monoisotopic (exact) mass is 407 g/mol. The van der Waals surface area contributed by atoms with Gasteiger partial charge in [0.2, 0.25) is 0 Å². The van der Waals surface area contributed by atoms with Gasteiger partial charge in [-0.3, -0.25) is 0 Å². The second-order valence-corrected chi connectivity index (χ2v) is 8.15. The first kappa shape index (κ1) is 20.7. The number of thiocarbonyl (C=S) groups is 1. The van der Waals surface area contributed by atoms with Crippen LogP contribution in [0.15, 0.2) is 79.1 Å². The molecule has 0 aliphatic carbocycles. The van der Waals surface area contributed by atoms with Crippen molar-refractivity contribution in [1.29, 1.82) is 0 Å². The van der Waals surface area contributed by atoms with Crippen molar-refractivity contribution in [2.75, 3.05) is 5.32 Å². The Balaban J connectivity index is 2.05. The molecule has 3 aromatic rings. The Hall–Kier alpha value is -3.05. The van der Waals surface area contributed by atoms with E-state index in [0.717, 1.165) is 5.56 Å². The van der Waals surface area contributed by atoms with E-state index < -0.39 is 5.82 Å². The molecule has 0 amide bonds. The Kier molecular flexibility index (Phi) is 6.09. The van der Waals surface area contributed by atoms with Crippen molar-refractivity contribution >= 4 is 34.3 Å².